The van der Waals surface area contributed by atoms with E-state index < -0.39 is 11.8 Å². The molecule has 28 heavy (non-hydrogen) atoms. The maximum absolute atomic E-state index is 10.8. The van der Waals surface area contributed by atoms with E-state index in [0.717, 1.165) is 29.0 Å². The van der Waals surface area contributed by atoms with Gasteiger partial charge in [0, 0.05) is 12.2 Å². The van der Waals surface area contributed by atoms with Gasteiger partial charge in [-0.3, -0.25) is 0 Å². The Hall–Kier alpha value is -2.73. The van der Waals surface area contributed by atoms with E-state index in [1.54, 1.807) is 12.1 Å². The highest BCUT2D eigenvalue weighted by atomic mass is 16.7. The quantitative estimate of drug-likeness (QED) is 0.515. The van der Waals surface area contributed by atoms with Crippen LogP contribution < -0.4 is 20.5 Å². The number of ether oxygens (including phenoxy) is 2. The average molecular weight is 384 g/mol. The molecule has 2 aromatic carbocycles. The van der Waals surface area contributed by atoms with Gasteiger partial charge in [-0.2, -0.15) is 0 Å². The Morgan fingerprint density at radius 2 is 2.00 bits per heavy atom. The van der Waals surface area contributed by atoms with Gasteiger partial charge in [0.15, 0.2) is 0 Å². The van der Waals surface area contributed by atoms with Gasteiger partial charge in [-0.25, -0.2) is 4.79 Å². The molecule has 0 aliphatic carbocycles. The summed E-state index contributed by atoms with van der Waals surface area (Å²) in [5.41, 5.74) is 8.41. The van der Waals surface area contributed by atoms with Gasteiger partial charge in [-0.1, -0.05) is 26.0 Å². The maximum Gasteiger partial charge on any atom is 0.511 e. The third-order valence-corrected chi connectivity index (χ3v) is 5.09. The fourth-order valence-electron chi connectivity index (χ4n) is 3.62. The molecule has 1 atom stereocenters. The third-order valence-electron chi connectivity index (χ3n) is 5.09. The summed E-state index contributed by atoms with van der Waals surface area (Å²) in [6.07, 6.45) is -0.519. The number of nitrogens with two attached hydrogens (primary N) is 1. The van der Waals surface area contributed by atoms with Crippen LogP contribution in [0.4, 0.5) is 10.5 Å². The average Bonchev–Trinajstić information content (AvgIpc) is 2.59. The van der Waals surface area contributed by atoms with Crippen LogP contribution in [0.2, 0.25) is 0 Å². The number of nitrogens with one attached hydrogen (secondary N) is 1. The van der Waals surface area contributed by atoms with E-state index in [4.69, 9.17) is 20.3 Å². The summed E-state index contributed by atoms with van der Waals surface area (Å²) in [7, 11) is 0. The van der Waals surface area contributed by atoms with Crippen LogP contribution in [-0.4, -0.2) is 23.4 Å². The van der Waals surface area contributed by atoms with Gasteiger partial charge < -0.3 is 25.6 Å². The molecule has 6 nitrogen and oxygen atoms in total. The molecule has 6 heteroatoms. The van der Waals surface area contributed by atoms with Crippen molar-refractivity contribution in [1.82, 2.24) is 0 Å². The summed E-state index contributed by atoms with van der Waals surface area (Å²) < 4.78 is 10.8. The largest absolute Gasteiger partial charge is 0.511 e. The third kappa shape index (κ3) is 4.39. The lowest BCUT2D eigenvalue weighted by atomic mass is 9.73. The van der Waals surface area contributed by atoms with Crippen molar-refractivity contribution < 1.29 is 19.4 Å². The summed E-state index contributed by atoms with van der Waals surface area (Å²) >= 11 is 0. The lowest BCUT2D eigenvalue weighted by Gasteiger charge is -2.41. The number of rotatable bonds is 5. The molecule has 4 N–H and O–H groups in total. The minimum Gasteiger partial charge on any atom is -0.487 e. The molecule has 3 rings (SSSR count). The van der Waals surface area contributed by atoms with Crippen molar-refractivity contribution in [3.8, 4) is 11.5 Å². The van der Waals surface area contributed by atoms with E-state index in [1.165, 1.54) is 0 Å². The van der Waals surface area contributed by atoms with Crippen molar-refractivity contribution >= 4 is 11.8 Å². The van der Waals surface area contributed by atoms with Crippen molar-refractivity contribution in [2.75, 3.05) is 11.9 Å². The zero-order valence-corrected chi connectivity index (χ0v) is 16.8. The van der Waals surface area contributed by atoms with E-state index in [0.29, 0.717) is 12.3 Å². The smallest absolute Gasteiger partial charge is 0.487 e. The van der Waals surface area contributed by atoms with Gasteiger partial charge in [0.25, 0.3) is 0 Å². The number of hydrogen-bond acceptors (Lipinski definition) is 5. The number of fused-ring (bicyclic) bond motifs is 1. The second-order valence-electron chi connectivity index (χ2n) is 8.57. The van der Waals surface area contributed by atoms with Crippen LogP contribution in [0.1, 0.15) is 44.9 Å². The molecule has 2 aromatic rings. The second kappa shape index (κ2) is 7.36. The van der Waals surface area contributed by atoms with E-state index in [-0.39, 0.29) is 11.5 Å². The Bertz CT molecular complexity index is 877. The van der Waals surface area contributed by atoms with Crippen LogP contribution in [-0.2, 0) is 6.42 Å². The molecular formula is C22H28N2O4. The predicted octanol–water partition coefficient (Wildman–Crippen LogP) is 4.60. The Kier molecular flexibility index (Phi) is 5.26. The van der Waals surface area contributed by atoms with Gasteiger partial charge in [-0.05, 0) is 67.1 Å². The van der Waals surface area contributed by atoms with Crippen LogP contribution in [0.15, 0.2) is 42.5 Å². The molecule has 0 saturated heterocycles. The molecule has 1 aliphatic rings. The van der Waals surface area contributed by atoms with Crippen molar-refractivity contribution in [2.24, 2.45) is 11.1 Å². The second-order valence-corrected chi connectivity index (χ2v) is 8.57. The summed E-state index contributed by atoms with van der Waals surface area (Å²) in [6, 6.07) is 13.5. The highest BCUT2D eigenvalue weighted by Gasteiger charge is 2.36. The minimum absolute atomic E-state index is 0.0794. The molecule has 0 bridgehead atoms. The number of hydrogen-bond donors (Lipinski definition) is 3. The molecule has 0 radical (unpaired) electrons. The summed E-state index contributed by atoms with van der Waals surface area (Å²) in [5, 5.41) is 12.4. The lowest BCUT2D eigenvalue weighted by molar-refractivity contribution is 0.118. The van der Waals surface area contributed by atoms with Gasteiger partial charge in [0.2, 0.25) is 0 Å². The number of benzene rings is 2. The van der Waals surface area contributed by atoms with E-state index in [9.17, 15) is 4.79 Å². The zero-order valence-electron chi connectivity index (χ0n) is 16.8. The van der Waals surface area contributed by atoms with Crippen molar-refractivity contribution in [2.45, 2.75) is 45.8 Å². The van der Waals surface area contributed by atoms with Crippen molar-refractivity contribution in [1.29, 1.82) is 0 Å². The normalized spacial score (nSPS) is 18.0. The maximum atomic E-state index is 10.8. The Labute approximate surface area is 165 Å². The topological polar surface area (TPSA) is 93.8 Å². The SMILES string of the molecule is CC(C)(CN)Oc1cccc(C2Nc3ccc(OC(=O)O)cc3CC2(C)C)c1. The van der Waals surface area contributed by atoms with Gasteiger partial charge in [0.05, 0.1) is 6.04 Å². The first-order valence-electron chi connectivity index (χ1n) is 9.39. The molecule has 1 aliphatic heterocycles. The lowest BCUT2D eigenvalue weighted by Crippen LogP contribution is -2.37. The molecule has 0 fully saturated rings. The zero-order chi connectivity index (χ0) is 20.5. The number of anilines is 1. The fourth-order valence-corrected chi connectivity index (χ4v) is 3.62. The van der Waals surface area contributed by atoms with Gasteiger partial charge >= 0.3 is 6.16 Å². The van der Waals surface area contributed by atoms with Crippen LogP contribution in [0.5, 0.6) is 11.5 Å². The highest BCUT2D eigenvalue weighted by Crippen LogP contribution is 2.46. The van der Waals surface area contributed by atoms with Crippen molar-refractivity contribution in [3.63, 3.8) is 0 Å². The summed E-state index contributed by atoms with van der Waals surface area (Å²) in [6.45, 7) is 8.74. The van der Waals surface area contributed by atoms with Crippen molar-refractivity contribution in [3.05, 3.63) is 53.6 Å². The van der Waals surface area contributed by atoms with Crippen LogP contribution in [0.25, 0.3) is 0 Å². The van der Waals surface area contributed by atoms with Crippen LogP contribution in [0, 0.1) is 5.41 Å². The Morgan fingerprint density at radius 1 is 1.25 bits per heavy atom. The van der Waals surface area contributed by atoms with E-state index in [2.05, 4.69) is 31.3 Å². The Balaban J connectivity index is 1.89. The van der Waals surface area contributed by atoms with E-state index in [1.807, 2.05) is 32.0 Å². The molecule has 0 amide bonds. The molecule has 0 saturated carbocycles. The van der Waals surface area contributed by atoms with E-state index >= 15 is 0 Å². The first-order valence-corrected chi connectivity index (χ1v) is 9.39. The van der Waals surface area contributed by atoms with Crippen LogP contribution in [0.3, 0.4) is 0 Å². The van der Waals surface area contributed by atoms with Gasteiger partial charge in [0.1, 0.15) is 17.1 Å². The number of carbonyl (C=O) groups is 1. The molecule has 150 valence electrons. The first kappa shape index (κ1) is 20.0. The van der Waals surface area contributed by atoms with Gasteiger partial charge in [-0.15, -0.1) is 0 Å². The van der Waals surface area contributed by atoms with Crippen LogP contribution >= 0.6 is 0 Å². The molecule has 0 aromatic heterocycles. The molecule has 1 heterocycles. The predicted molar refractivity (Wildman–Crippen MR) is 109 cm³/mol. The summed E-state index contributed by atoms with van der Waals surface area (Å²) in [4.78, 5) is 10.8. The monoisotopic (exact) mass is 384 g/mol. The first-order chi connectivity index (χ1) is 13.1. The Morgan fingerprint density at radius 3 is 2.68 bits per heavy atom. The summed E-state index contributed by atoms with van der Waals surface area (Å²) in [5.74, 6) is 1.13. The molecule has 1 unspecified atom stereocenters. The highest BCUT2D eigenvalue weighted by molar-refractivity contribution is 5.64. The number of carboxylic acid groups (broad SMARTS) is 1. The fraction of sp³-hybridized carbons (Fsp3) is 0.409. The molecular weight excluding hydrogens is 356 g/mol. The minimum atomic E-state index is -1.31. The standard InChI is InChI=1S/C22H28N2O4/c1-21(2)12-15-11-16(27-20(25)26)8-9-18(15)24-19(21)14-6-5-7-17(10-14)28-22(3,4)13-23/h5-11,19,24H,12-13,23H2,1-4H3,(H,25,26). The molecule has 0 spiro atoms.